The van der Waals surface area contributed by atoms with Crippen molar-refractivity contribution >= 4 is 34.2 Å². The van der Waals surface area contributed by atoms with Crippen LogP contribution in [0.4, 0.5) is 9.80 Å². The number of rotatable bonds is 5. The molecule has 0 spiro atoms. The van der Waals surface area contributed by atoms with Gasteiger partial charge in [-0.3, -0.25) is 10.1 Å². The zero-order valence-corrected chi connectivity index (χ0v) is 19.3. The molecule has 1 N–H and O–H groups in total. The molecule has 0 atom stereocenters. The Bertz CT molecular complexity index is 797. The highest BCUT2D eigenvalue weighted by molar-refractivity contribution is 7.17. The third kappa shape index (κ3) is 4.79. The highest BCUT2D eigenvalue weighted by Crippen LogP contribution is 2.39. The lowest BCUT2D eigenvalue weighted by Gasteiger charge is -2.40. The van der Waals surface area contributed by atoms with E-state index >= 15 is 0 Å². The Balaban J connectivity index is 1.80. The van der Waals surface area contributed by atoms with Crippen molar-refractivity contribution in [1.29, 1.82) is 0 Å². The topological polar surface area (TPSA) is 79.0 Å². The summed E-state index contributed by atoms with van der Waals surface area (Å²) >= 11 is 1.51. The van der Waals surface area contributed by atoms with Gasteiger partial charge < -0.3 is 14.5 Å². The van der Waals surface area contributed by atoms with Gasteiger partial charge in [-0.25, -0.2) is 9.59 Å². The van der Waals surface area contributed by atoms with E-state index in [1.165, 1.54) is 16.2 Å². The molecule has 7 nitrogen and oxygen atoms in total. The minimum absolute atomic E-state index is 0.0134. The van der Waals surface area contributed by atoms with Crippen molar-refractivity contribution in [1.82, 2.24) is 9.80 Å². The molecule has 1 aromatic heterocycles. The van der Waals surface area contributed by atoms with Gasteiger partial charge in [0.25, 0.3) is 0 Å². The Labute approximate surface area is 182 Å². The van der Waals surface area contributed by atoms with Gasteiger partial charge in [-0.1, -0.05) is 0 Å². The number of aryl methyl sites for hydroxylation is 1. The molecule has 1 fully saturated rings. The van der Waals surface area contributed by atoms with Crippen LogP contribution in [0.3, 0.4) is 0 Å². The fourth-order valence-electron chi connectivity index (χ4n) is 4.52. The molecule has 1 aromatic rings. The number of ether oxygens (including phenoxy) is 1. The Hall–Kier alpha value is -2.09. The predicted octanol–water partition coefficient (Wildman–Crippen LogP) is 4.06. The summed E-state index contributed by atoms with van der Waals surface area (Å²) in [5, 5.41) is 3.65. The molecule has 0 saturated carbocycles. The quantitative estimate of drug-likeness (QED) is 0.708. The van der Waals surface area contributed by atoms with Crippen LogP contribution in [0.15, 0.2) is 0 Å². The molecule has 3 rings (SSSR count). The van der Waals surface area contributed by atoms with Gasteiger partial charge in [0.1, 0.15) is 5.00 Å². The van der Waals surface area contributed by atoms with Crippen LogP contribution in [0.25, 0.3) is 0 Å². The predicted molar refractivity (Wildman–Crippen MR) is 118 cm³/mol. The molecule has 0 aromatic carbocycles. The number of nitrogens with zero attached hydrogens (tertiary/aromatic N) is 2. The summed E-state index contributed by atoms with van der Waals surface area (Å²) in [4.78, 5) is 42.5. The molecule has 1 aliphatic heterocycles. The second-order valence-corrected chi connectivity index (χ2v) is 9.41. The summed E-state index contributed by atoms with van der Waals surface area (Å²) < 4.78 is 5.30. The lowest BCUT2D eigenvalue weighted by Crippen LogP contribution is -2.52. The van der Waals surface area contributed by atoms with E-state index in [0.717, 1.165) is 44.1 Å². The first kappa shape index (κ1) is 22.6. The van der Waals surface area contributed by atoms with Gasteiger partial charge in [0.15, 0.2) is 0 Å². The third-order valence-electron chi connectivity index (χ3n) is 5.97. The molecule has 1 aliphatic carbocycles. The van der Waals surface area contributed by atoms with Crippen LogP contribution in [-0.4, -0.2) is 59.5 Å². The van der Waals surface area contributed by atoms with E-state index in [9.17, 15) is 14.4 Å². The van der Waals surface area contributed by atoms with Gasteiger partial charge >= 0.3 is 12.0 Å². The van der Waals surface area contributed by atoms with Crippen LogP contribution in [-0.2, 0) is 22.4 Å². The lowest BCUT2D eigenvalue weighted by molar-refractivity contribution is -0.130. The number of carbonyl (C=O) groups is 3. The molecule has 1 saturated heterocycles. The average Bonchev–Trinajstić information content (AvgIpc) is 3.06. The first-order chi connectivity index (χ1) is 14.3. The van der Waals surface area contributed by atoms with Crippen LogP contribution < -0.4 is 5.32 Å². The number of piperidine rings is 1. The average molecular weight is 436 g/mol. The van der Waals surface area contributed by atoms with Crippen LogP contribution >= 0.6 is 11.3 Å². The SMILES string of the molecule is CCOC(=O)c1c(NC(=O)N(C(C)C)C2CCN(C(C)=O)CC2)sc2c1CCCC2. The highest BCUT2D eigenvalue weighted by Gasteiger charge is 2.33. The van der Waals surface area contributed by atoms with Gasteiger partial charge in [0, 0.05) is 37.0 Å². The van der Waals surface area contributed by atoms with E-state index < -0.39 is 0 Å². The van der Waals surface area contributed by atoms with Crippen molar-refractivity contribution in [3.63, 3.8) is 0 Å². The maximum absolute atomic E-state index is 13.3. The van der Waals surface area contributed by atoms with Crippen molar-refractivity contribution in [3.8, 4) is 0 Å². The Morgan fingerprint density at radius 1 is 1.20 bits per heavy atom. The molecule has 0 radical (unpaired) electrons. The number of hydrogen-bond donors (Lipinski definition) is 1. The minimum Gasteiger partial charge on any atom is -0.462 e. The minimum atomic E-state index is -0.349. The molecule has 2 heterocycles. The largest absolute Gasteiger partial charge is 0.462 e. The monoisotopic (exact) mass is 435 g/mol. The first-order valence-corrected chi connectivity index (χ1v) is 11.8. The van der Waals surface area contributed by atoms with Crippen molar-refractivity contribution in [2.24, 2.45) is 0 Å². The number of hydrogen-bond acceptors (Lipinski definition) is 5. The lowest BCUT2D eigenvalue weighted by atomic mass is 9.95. The number of anilines is 1. The van der Waals surface area contributed by atoms with Crippen molar-refractivity contribution in [2.45, 2.75) is 78.3 Å². The van der Waals surface area contributed by atoms with Crippen molar-refractivity contribution in [3.05, 3.63) is 16.0 Å². The van der Waals surface area contributed by atoms with Gasteiger partial charge in [-0.15, -0.1) is 11.3 Å². The summed E-state index contributed by atoms with van der Waals surface area (Å²) in [5.74, 6) is -0.268. The molecule has 30 heavy (non-hydrogen) atoms. The summed E-state index contributed by atoms with van der Waals surface area (Å²) in [6.45, 7) is 9.02. The molecular weight excluding hydrogens is 402 g/mol. The standard InChI is InChI=1S/C22H33N3O4S/c1-5-29-21(27)19-17-8-6-7-9-18(17)30-20(19)23-22(28)25(14(2)3)16-10-12-24(13-11-16)15(4)26/h14,16H,5-13H2,1-4H3,(H,23,28). The Kier molecular flexibility index (Phi) is 7.39. The third-order valence-corrected chi connectivity index (χ3v) is 7.17. The molecule has 0 unspecified atom stereocenters. The number of esters is 1. The van der Waals surface area contributed by atoms with E-state index in [2.05, 4.69) is 5.32 Å². The molecule has 3 amide bonds. The normalized spacial score (nSPS) is 16.9. The van der Waals surface area contributed by atoms with Crippen molar-refractivity contribution in [2.75, 3.05) is 25.0 Å². The second-order valence-electron chi connectivity index (χ2n) is 8.30. The van der Waals surface area contributed by atoms with E-state index in [4.69, 9.17) is 4.74 Å². The number of nitrogens with one attached hydrogen (secondary N) is 1. The number of amides is 3. The van der Waals surface area contributed by atoms with Crippen molar-refractivity contribution < 1.29 is 19.1 Å². The molecular formula is C22H33N3O4S. The molecule has 166 valence electrons. The maximum Gasteiger partial charge on any atom is 0.341 e. The fourth-order valence-corrected chi connectivity index (χ4v) is 5.78. The van der Waals surface area contributed by atoms with Gasteiger partial charge in [-0.05, 0) is 64.9 Å². The van der Waals surface area contributed by atoms with Crippen LogP contribution in [0.1, 0.15) is 74.2 Å². The number of carbonyl (C=O) groups excluding carboxylic acids is 3. The summed E-state index contributed by atoms with van der Waals surface area (Å²) in [7, 11) is 0. The highest BCUT2D eigenvalue weighted by atomic mass is 32.1. The number of urea groups is 1. The molecule has 2 aliphatic rings. The van der Waals surface area contributed by atoms with Gasteiger partial charge in [0.05, 0.1) is 12.2 Å². The zero-order valence-electron chi connectivity index (χ0n) is 18.5. The number of fused-ring (bicyclic) bond motifs is 1. The first-order valence-electron chi connectivity index (χ1n) is 11.0. The number of thiophene rings is 1. The molecule has 8 heteroatoms. The van der Waals surface area contributed by atoms with E-state index in [1.54, 1.807) is 13.8 Å². The Morgan fingerprint density at radius 3 is 2.47 bits per heavy atom. The zero-order chi connectivity index (χ0) is 21.8. The summed E-state index contributed by atoms with van der Waals surface area (Å²) in [5.41, 5.74) is 1.59. The van der Waals surface area contributed by atoms with Gasteiger partial charge in [0.2, 0.25) is 5.91 Å². The van der Waals surface area contributed by atoms with Crippen LogP contribution in [0, 0.1) is 0 Å². The summed E-state index contributed by atoms with van der Waals surface area (Å²) in [6, 6.07) is -0.101. The van der Waals surface area contributed by atoms with E-state index in [-0.39, 0.29) is 30.0 Å². The number of likely N-dealkylation sites (tertiary alicyclic amines) is 1. The van der Waals surface area contributed by atoms with Crippen LogP contribution in [0.2, 0.25) is 0 Å². The Morgan fingerprint density at radius 2 is 1.87 bits per heavy atom. The van der Waals surface area contributed by atoms with E-state index in [1.807, 2.05) is 23.6 Å². The fraction of sp³-hybridized carbons (Fsp3) is 0.682. The van der Waals surface area contributed by atoms with Crippen LogP contribution in [0.5, 0.6) is 0 Å². The van der Waals surface area contributed by atoms with E-state index in [0.29, 0.717) is 30.3 Å². The summed E-state index contributed by atoms with van der Waals surface area (Å²) in [6.07, 6.45) is 5.48. The van der Waals surface area contributed by atoms with Gasteiger partial charge in [-0.2, -0.15) is 0 Å². The molecule has 0 bridgehead atoms. The smallest absolute Gasteiger partial charge is 0.341 e. The maximum atomic E-state index is 13.3. The second kappa shape index (κ2) is 9.81.